The number of amides is 2. The first kappa shape index (κ1) is 19.4. The normalized spacial score (nSPS) is 10.3. The third kappa shape index (κ3) is 5.58. The number of benzene rings is 2. The molecule has 2 amide bonds. The maximum absolute atomic E-state index is 13.2. The summed E-state index contributed by atoms with van der Waals surface area (Å²) in [4.78, 5) is 25.5. The summed E-state index contributed by atoms with van der Waals surface area (Å²) in [6.45, 7) is 2.69. The van der Waals surface area contributed by atoms with Gasteiger partial charge in [0.05, 0.1) is 7.11 Å². The second-order valence-electron chi connectivity index (χ2n) is 5.83. The summed E-state index contributed by atoms with van der Waals surface area (Å²) in [6.07, 6.45) is 0.654. The van der Waals surface area contributed by atoms with Crippen LogP contribution in [-0.2, 0) is 11.2 Å². The molecule has 0 atom stereocenters. The molecule has 0 heterocycles. The molecule has 0 aliphatic heterocycles. The Kier molecular flexibility index (Phi) is 7.14. The van der Waals surface area contributed by atoms with Gasteiger partial charge in [-0.05, 0) is 36.2 Å². The molecule has 2 aromatic rings. The van der Waals surface area contributed by atoms with E-state index >= 15 is 0 Å². The fourth-order valence-corrected chi connectivity index (χ4v) is 2.63. The van der Waals surface area contributed by atoms with Crippen LogP contribution < -0.4 is 10.1 Å². The van der Waals surface area contributed by atoms with E-state index in [9.17, 15) is 14.0 Å². The Labute approximate surface area is 152 Å². The SMILES string of the molecule is COc1ccccc1CCN(CCNC(=O)c1cccc(F)c1)C(C)=O. The molecule has 0 fully saturated rings. The zero-order chi connectivity index (χ0) is 18.9. The number of nitrogens with zero attached hydrogens (tertiary/aromatic N) is 1. The van der Waals surface area contributed by atoms with Crippen LogP contribution in [0.1, 0.15) is 22.8 Å². The summed E-state index contributed by atoms with van der Waals surface area (Å²) < 4.78 is 18.5. The van der Waals surface area contributed by atoms with E-state index in [-0.39, 0.29) is 17.4 Å². The number of hydrogen-bond donors (Lipinski definition) is 1. The molecule has 2 aromatic carbocycles. The Morgan fingerprint density at radius 3 is 2.58 bits per heavy atom. The molecule has 0 unspecified atom stereocenters. The Morgan fingerprint density at radius 2 is 1.88 bits per heavy atom. The van der Waals surface area contributed by atoms with Crippen LogP contribution in [0.15, 0.2) is 48.5 Å². The number of nitrogens with one attached hydrogen (secondary N) is 1. The lowest BCUT2D eigenvalue weighted by Gasteiger charge is -2.22. The van der Waals surface area contributed by atoms with E-state index in [1.807, 2.05) is 24.3 Å². The summed E-state index contributed by atoms with van der Waals surface area (Å²) in [6, 6.07) is 13.2. The molecule has 5 nitrogen and oxygen atoms in total. The predicted octanol–water partition coefficient (Wildman–Crippen LogP) is 2.66. The first-order valence-corrected chi connectivity index (χ1v) is 8.42. The van der Waals surface area contributed by atoms with Crippen molar-refractivity contribution in [1.82, 2.24) is 10.2 Å². The van der Waals surface area contributed by atoms with E-state index in [2.05, 4.69) is 5.32 Å². The smallest absolute Gasteiger partial charge is 0.251 e. The van der Waals surface area contributed by atoms with Crippen molar-refractivity contribution in [3.63, 3.8) is 0 Å². The van der Waals surface area contributed by atoms with Crippen LogP contribution in [-0.4, -0.2) is 43.5 Å². The van der Waals surface area contributed by atoms with Gasteiger partial charge in [0.2, 0.25) is 5.91 Å². The van der Waals surface area contributed by atoms with E-state index < -0.39 is 5.82 Å². The lowest BCUT2D eigenvalue weighted by molar-refractivity contribution is -0.128. The van der Waals surface area contributed by atoms with Crippen molar-refractivity contribution in [2.24, 2.45) is 0 Å². The molecule has 0 aliphatic carbocycles. The van der Waals surface area contributed by atoms with Crippen molar-refractivity contribution < 1.29 is 18.7 Å². The highest BCUT2D eigenvalue weighted by Gasteiger charge is 2.12. The molecule has 26 heavy (non-hydrogen) atoms. The molecule has 0 saturated carbocycles. The molecule has 2 rings (SSSR count). The van der Waals surface area contributed by atoms with E-state index in [0.717, 1.165) is 11.3 Å². The number of carbonyl (C=O) groups is 2. The number of carbonyl (C=O) groups excluding carboxylic acids is 2. The second-order valence-corrected chi connectivity index (χ2v) is 5.83. The Hall–Kier alpha value is -2.89. The van der Waals surface area contributed by atoms with E-state index in [1.54, 1.807) is 18.1 Å². The topological polar surface area (TPSA) is 58.6 Å². The van der Waals surface area contributed by atoms with E-state index in [1.165, 1.54) is 25.1 Å². The summed E-state index contributed by atoms with van der Waals surface area (Å²) in [7, 11) is 1.61. The lowest BCUT2D eigenvalue weighted by Crippen LogP contribution is -2.38. The van der Waals surface area contributed by atoms with Gasteiger partial charge in [-0.2, -0.15) is 0 Å². The minimum absolute atomic E-state index is 0.0695. The highest BCUT2D eigenvalue weighted by Crippen LogP contribution is 2.18. The predicted molar refractivity (Wildman–Crippen MR) is 97.7 cm³/mol. The van der Waals surface area contributed by atoms with Gasteiger partial charge in [0, 0.05) is 32.1 Å². The van der Waals surface area contributed by atoms with Crippen molar-refractivity contribution in [2.45, 2.75) is 13.3 Å². The molecule has 1 N–H and O–H groups in total. The van der Waals surface area contributed by atoms with Crippen LogP contribution in [0.2, 0.25) is 0 Å². The van der Waals surface area contributed by atoms with Crippen LogP contribution in [0, 0.1) is 5.82 Å². The number of halogens is 1. The largest absolute Gasteiger partial charge is 0.496 e. The molecule has 0 saturated heterocycles. The van der Waals surface area contributed by atoms with Gasteiger partial charge in [0.1, 0.15) is 11.6 Å². The van der Waals surface area contributed by atoms with Crippen LogP contribution >= 0.6 is 0 Å². The van der Waals surface area contributed by atoms with Crippen molar-refractivity contribution in [1.29, 1.82) is 0 Å². The zero-order valence-electron chi connectivity index (χ0n) is 15.0. The Balaban J connectivity index is 1.86. The average molecular weight is 358 g/mol. The summed E-state index contributed by atoms with van der Waals surface area (Å²) in [5, 5.41) is 2.71. The maximum Gasteiger partial charge on any atom is 0.251 e. The summed E-state index contributed by atoms with van der Waals surface area (Å²) in [5.74, 6) is -0.104. The molecule has 0 aliphatic rings. The van der Waals surface area contributed by atoms with E-state index in [4.69, 9.17) is 4.74 Å². The lowest BCUT2D eigenvalue weighted by atomic mass is 10.1. The van der Waals surface area contributed by atoms with Crippen LogP contribution in [0.3, 0.4) is 0 Å². The molecule has 0 radical (unpaired) electrons. The standard InChI is InChI=1S/C20H23FN2O3/c1-15(24)23(12-10-16-6-3-4-9-19(16)26-2)13-11-22-20(25)17-7-5-8-18(21)14-17/h3-9,14H,10-13H2,1-2H3,(H,22,25). The molecule has 0 bridgehead atoms. The van der Waals surface area contributed by atoms with E-state index in [0.29, 0.717) is 26.1 Å². The number of hydrogen-bond acceptors (Lipinski definition) is 3. The first-order valence-electron chi connectivity index (χ1n) is 8.42. The Bertz CT molecular complexity index is 764. The molecule has 6 heteroatoms. The van der Waals surface area contributed by atoms with Gasteiger partial charge in [-0.15, -0.1) is 0 Å². The molecule has 0 spiro atoms. The van der Waals surface area contributed by atoms with Gasteiger partial charge < -0.3 is 15.0 Å². The first-order chi connectivity index (χ1) is 12.5. The number of methoxy groups -OCH3 is 1. The van der Waals surface area contributed by atoms with Crippen molar-refractivity contribution in [3.05, 3.63) is 65.5 Å². The van der Waals surface area contributed by atoms with Crippen LogP contribution in [0.25, 0.3) is 0 Å². The Morgan fingerprint density at radius 1 is 1.12 bits per heavy atom. The fourth-order valence-electron chi connectivity index (χ4n) is 2.63. The van der Waals surface area contributed by atoms with Gasteiger partial charge in [0.15, 0.2) is 0 Å². The van der Waals surface area contributed by atoms with Gasteiger partial charge >= 0.3 is 0 Å². The fraction of sp³-hybridized carbons (Fsp3) is 0.300. The second kappa shape index (κ2) is 9.56. The van der Waals surface area contributed by atoms with Gasteiger partial charge in [-0.25, -0.2) is 4.39 Å². The van der Waals surface area contributed by atoms with Crippen molar-refractivity contribution in [2.75, 3.05) is 26.7 Å². The molecular weight excluding hydrogens is 335 g/mol. The molecule has 0 aromatic heterocycles. The zero-order valence-corrected chi connectivity index (χ0v) is 15.0. The third-order valence-corrected chi connectivity index (χ3v) is 4.04. The van der Waals surface area contributed by atoms with Crippen molar-refractivity contribution in [3.8, 4) is 5.75 Å². The quantitative estimate of drug-likeness (QED) is 0.789. The van der Waals surface area contributed by atoms with Crippen LogP contribution in [0.5, 0.6) is 5.75 Å². The highest BCUT2D eigenvalue weighted by molar-refractivity contribution is 5.94. The summed E-state index contributed by atoms with van der Waals surface area (Å²) >= 11 is 0. The monoisotopic (exact) mass is 358 g/mol. The number of rotatable bonds is 8. The van der Waals surface area contributed by atoms with Gasteiger partial charge in [-0.1, -0.05) is 24.3 Å². The minimum atomic E-state index is -0.458. The molecular formula is C20H23FN2O3. The highest BCUT2D eigenvalue weighted by atomic mass is 19.1. The van der Waals surface area contributed by atoms with Gasteiger partial charge in [-0.3, -0.25) is 9.59 Å². The molecule has 138 valence electrons. The third-order valence-electron chi connectivity index (χ3n) is 4.04. The summed E-state index contributed by atoms with van der Waals surface area (Å²) in [5.41, 5.74) is 1.28. The maximum atomic E-state index is 13.2. The van der Waals surface area contributed by atoms with Crippen LogP contribution in [0.4, 0.5) is 4.39 Å². The van der Waals surface area contributed by atoms with Gasteiger partial charge in [0.25, 0.3) is 5.91 Å². The number of para-hydroxylation sites is 1. The minimum Gasteiger partial charge on any atom is -0.496 e. The average Bonchev–Trinajstić information content (AvgIpc) is 2.64. The number of ether oxygens (including phenoxy) is 1. The van der Waals surface area contributed by atoms with Crippen molar-refractivity contribution >= 4 is 11.8 Å².